The van der Waals surface area contributed by atoms with E-state index in [9.17, 15) is 0 Å². The zero-order chi connectivity index (χ0) is 14.8. The fourth-order valence-corrected chi connectivity index (χ4v) is 2.99. The number of aryl methyl sites for hydroxylation is 1. The average molecular weight is 279 g/mol. The quantitative estimate of drug-likeness (QED) is 0.735. The third kappa shape index (κ3) is 2.59. The maximum absolute atomic E-state index is 6.50. The van der Waals surface area contributed by atoms with Gasteiger partial charge in [0.15, 0.2) is 0 Å². The van der Waals surface area contributed by atoms with Gasteiger partial charge in [-0.15, -0.1) is 0 Å². The van der Waals surface area contributed by atoms with Crippen LogP contribution in [0, 0.1) is 6.92 Å². The van der Waals surface area contributed by atoms with E-state index in [0.717, 1.165) is 28.7 Å². The minimum absolute atomic E-state index is 0.121. The molecule has 3 rings (SSSR count). The van der Waals surface area contributed by atoms with Gasteiger partial charge in [-0.2, -0.15) is 0 Å². The van der Waals surface area contributed by atoms with E-state index in [-0.39, 0.29) is 12.0 Å². The molecule has 0 amide bonds. The molecule has 1 heterocycles. The van der Waals surface area contributed by atoms with Gasteiger partial charge in [0.25, 0.3) is 0 Å². The van der Waals surface area contributed by atoms with Crippen molar-refractivity contribution in [3.05, 3.63) is 71.5 Å². The fraction of sp³-hybridized carbons (Fsp3) is 0.263. The van der Waals surface area contributed by atoms with Gasteiger partial charge in [0.2, 0.25) is 0 Å². The number of rotatable bonds is 4. The number of benzene rings is 2. The van der Waals surface area contributed by atoms with Crippen LogP contribution in [0.15, 0.2) is 59.0 Å². The van der Waals surface area contributed by atoms with E-state index in [1.807, 2.05) is 6.07 Å². The molecule has 0 radical (unpaired) electrons. The first-order chi connectivity index (χ1) is 10.2. The highest BCUT2D eigenvalue weighted by Gasteiger charge is 2.23. The predicted molar refractivity (Wildman–Crippen MR) is 87.4 cm³/mol. The summed E-state index contributed by atoms with van der Waals surface area (Å²) < 4.78 is 6.04. The van der Waals surface area contributed by atoms with Crippen molar-refractivity contribution in [3.8, 4) is 0 Å². The summed E-state index contributed by atoms with van der Waals surface area (Å²) in [6.07, 6.45) is 0.987. The van der Waals surface area contributed by atoms with E-state index in [1.165, 1.54) is 5.56 Å². The Hall–Kier alpha value is -2.06. The van der Waals surface area contributed by atoms with Gasteiger partial charge in [0, 0.05) is 11.3 Å². The van der Waals surface area contributed by atoms with Crippen molar-refractivity contribution in [3.63, 3.8) is 0 Å². The van der Waals surface area contributed by atoms with Gasteiger partial charge in [0.05, 0.1) is 6.04 Å². The van der Waals surface area contributed by atoms with Gasteiger partial charge < -0.3 is 10.2 Å². The molecule has 2 aromatic carbocycles. The molecule has 2 nitrogen and oxygen atoms in total. The van der Waals surface area contributed by atoms with Crippen molar-refractivity contribution in [2.24, 2.45) is 5.73 Å². The zero-order valence-electron chi connectivity index (χ0n) is 12.5. The van der Waals surface area contributed by atoms with Crippen molar-refractivity contribution in [2.75, 3.05) is 0 Å². The summed E-state index contributed by atoms with van der Waals surface area (Å²) in [6, 6.07) is 18.6. The van der Waals surface area contributed by atoms with Crippen LogP contribution in [0.4, 0.5) is 0 Å². The molecule has 0 saturated heterocycles. The van der Waals surface area contributed by atoms with Crippen molar-refractivity contribution in [1.29, 1.82) is 0 Å². The second-order valence-corrected chi connectivity index (χ2v) is 5.59. The number of furan rings is 1. The van der Waals surface area contributed by atoms with E-state index < -0.39 is 0 Å². The van der Waals surface area contributed by atoms with Crippen LogP contribution < -0.4 is 5.73 Å². The number of fused-ring (bicyclic) bond motifs is 1. The molecule has 0 bridgehead atoms. The van der Waals surface area contributed by atoms with Gasteiger partial charge in [-0.25, -0.2) is 0 Å². The lowest BCUT2D eigenvalue weighted by molar-refractivity contribution is 0.435. The van der Waals surface area contributed by atoms with Crippen LogP contribution in [-0.4, -0.2) is 0 Å². The molecule has 0 fully saturated rings. The maximum Gasteiger partial charge on any atom is 0.137 e. The van der Waals surface area contributed by atoms with Crippen LogP contribution in [0.25, 0.3) is 11.0 Å². The Balaban J connectivity index is 1.99. The van der Waals surface area contributed by atoms with E-state index in [2.05, 4.69) is 62.4 Å². The molecule has 21 heavy (non-hydrogen) atoms. The smallest absolute Gasteiger partial charge is 0.137 e. The van der Waals surface area contributed by atoms with Crippen LogP contribution in [-0.2, 0) is 0 Å². The minimum Gasteiger partial charge on any atom is -0.459 e. The number of nitrogens with two attached hydrogens (primary N) is 1. The molecule has 0 spiro atoms. The lowest BCUT2D eigenvalue weighted by atomic mass is 9.88. The van der Waals surface area contributed by atoms with Crippen molar-refractivity contribution < 1.29 is 4.42 Å². The molecule has 0 aliphatic rings. The molecular formula is C19H21NO. The SMILES string of the molecule is CCC(c1ccccc1)C(N)c1cc2cccc(C)c2o1. The Kier molecular flexibility index (Phi) is 3.80. The highest BCUT2D eigenvalue weighted by Crippen LogP contribution is 2.35. The van der Waals surface area contributed by atoms with Crippen molar-refractivity contribution in [1.82, 2.24) is 0 Å². The third-order valence-corrected chi connectivity index (χ3v) is 4.19. The molecular weight excluding hydrogens is 258 g/mol. The number of hydrogen-bond acceptors (Lipinski definition) is 2. The Morgan fingerprint density at radius 2 is 1.81 bits per heavy atom. The second kappa shape index (κ2) is 5.74. The maximum atomic E-state index is 6.50. The van der Waals surface area contributed by atoms with E-state index in [1.54, 1.807) is 0 Å². The van der Waals surface area contributed by atoms with Crippen molar-refractivity contribution in [2.45, 2.75) is 32.2 Å². The van der Waals surface area contributed by atoms with Crippen LogP contribution in [0.1, 0.15) is 42.2 Å². The normalized spacial score (nSPS) is 14.2. The van der Waals surface area contributed by atoms with Crippen LogP contribution >= 0.6 is 0 Å². The van der Waals surface area contributed by atoms with Crippen LogP contribution in [0.2, 0.25) is 0 Å². The molecule has 2 atom stereocenters. The summed E-state index contributed by atoms with van der Waals surface area (Å²) in [4.78, 5) is 0. The van der Waals surface area contributed by atoms with Gasteiger partial charge >= 0.3 is 0 Å². The highest BCUT2D eigenvalue weighted by molar-refractivity contribution is 5.81. The van der Waals surface area contributed by atoms with E-state index in [0.29, 0.717) is 0 Å². The molecule has 0 aliphatic carbocycles. The van der Waals surface area contributed by atoms with E-state index in [4.69, 9.17) is 10.2 Å². The van der Waals surface area contributed by atoms with Gasteiger partial charge in [-0.3, -0.25) is 0 Å². The molecule has 3 aromatic rings. The predicted octanol–water partition coefficient (Wildman–Crippen LogP) is 4.93. The average Bonchev–Trinajstić information content (AvgIpc) is 2.95. The molecule has 108 valence electrons. The Morgan fingerprint density at radius 3 is 2.48 bits per heavy atom. The number of para-hydroxylation sites is 1. The lowest BCUT2D eigenvalue weighted by Crippen LogP contribution is -2.18. The monoisotopic (exact) mass is 279 g/mol. The number of hydrogen-bond donors (Lipinski definition) is 1. The van der Waals surface area contributed by atoms with Crippen molar-refractivity contribution >= 4 is 11.0 Å². The Morgan fingerprint density at radius 1 is 1.05 bits per heavy atom. The topological polar surface area (TPSA) is 39.2 Å². The zero-order valence-corrected chi connectivity index (χ0v) is 12.5. The third-order valence-electron chi connectivity index (χ3n) is 4.19. The lowest BCUT2D eigenvalue weighted by Gasteiger charge is -2.21. The molecule has 0 saturated carbocycles. The first-order valence-electron chi connectivity index (χ1n) is 7.50. The first-order valence-corrected chi connectivity index (χ1v) is 7.50. The van der Waals surface area contributed by atoms with Crippen LogP contribution in [0.5, 0.6) is 0 Å². The molecule has 2 unspecified atom stereocenters. The summed E-state index contributed by atoms with van der Waals surface area (Å²) >= 11 is 0. The molecule has 2 N–H and O–H groups in total. The fourth-order valence-electron chi connectivity index (χ4n) is 2.99. The van der Waals surface area contributed by atoms with Crippen LogP contribution in [0.3, 0.4) is 0 Å². The van der Waals surface area contributed by atoms with Gasteiger partial charge in [-0.1, -0.05) is 55.5 Å². The second-order valence-electron chi connectivity index (χ2n) is 5.59. The minimum atomic E-state index is -0.121. The summed E-state index contributed by atoms with van der Waals surface area (Å²) in [7, 11) is 0. The summed E-state index contributed by atoms with van der Waals surface area (Å²) in [5.74, 6) is 1.14. The van der Waals surface area contributed by atoms with E-state index >= 15 is 0 Å². The highest BCUT2D eigenvalue weighted by atomic mass is 16.3. The summed E-state index contributed by atoms with van der Waals surface area (Å²) in [5.41, 5.74) is 9.87. The summed E-state index contributed by atoms with van der Waals surface area (Å²) in [6.45, 7) is 4.24. The molecule has 2 heteroatoms. The standard InChI is InChI=1S/C19H21NO/c1-3-16(14-9-5-4-6-10-14)18(20)17-12-15-11-7-8-13(2)19(15)21-17/h4-12,16,18H,3,20H2,1-2H3. The molecule has 1 aromatic heterocycles. The Bertz CT molecular complexity index is 730. The largest absolute Gasteiger partial charge is 0.459 e. The molecule has 0 aliphatic heterocycles. The first kappa shape index (κ1) is 13.9. The van der Waals surface area contributed by atoms with Gasteiger partial charge in [0.1, 0.15) is 11.3 Å². The summed E-state index contributed by atoms with van der Waals surface area (Å²) in [5, 5.41) is 1.13. The van der Waals surface area contributed by atoms with Gasteiger partial charge in [-0.05, 0) is 30.5 Å². The Labute approximate surface area is 125 Å².